The Hall–Kier alpha value is -4.01. The number of rotatable bonds is 3. The minimum atomic E-state index is -4.54. The molecular formula is C22H16F3N5O. The van der Waals surface area contributed by atoms with Crippen LogP contribution in [0.15, 0.2) is 76.8 Å². The monoisotopic (exact) mass is 423 g/mol. The molecule has 9 heteroatoms. The van der Waals surface area contributed by atoms with E-state index in [2.05, 4.69) is 15.0 Å². The smallest absolute Gasteiger partial charge is 0.405 e. The zero-order valence-electron chi connectivity index (χ0n) is 16.3. The van der Waals surface area contributed by atoms with Gasteiger partial charge in [0.1, 0.15) is 5.52 Å². The van der Waals surface area contributed by atoms with Crippen LogP contribution < -0.4 is 11.3 Å². The van der Waals surface area contributed by atoms with E-state index in [1.54, 1.807) is 37.5 Å². The second-order valence-corrected chi connectivity index (χ2v) is 6.65. The molecule has 0 atom stereocenters. The standard InChI is InChI=1S/C22H16F3N5O/c1-27-16(9-10-26)17-6-7-18-20(29-17)21-13(12-28-18)5-8-19(31)30(21)15-4-2-3-14(11-15)22(23,24)25/h2-12H,26H2,1H3. The maximum absolute atomic E-state index is 13.3. The van der Waals surface area contributed by atoms with Crippen LogP contribution in [0.4, 0.5) is 13.2 Å². The molecule has 0 spiro atoms. The molecule has 0 aliphatic rings. The molecule has 0 aliphatic heterocycles. The number of allylic oxidation sites excluding steroid dienone is 1. The van der Waals surface area contributed by atoms with Crippen molar-refractivity contribution < 1.29 is 13.2 Å². The number of aromatic nitrogens is 3. The first kappa shape index (κ1) is 20.3. The van der Waals surface area contributed by atoms with Gasteiger partial charge in [0.2, 0.25) is 0 Å². The highest BCUT2D eigenvalue weighted by Gasteiger charge is 2.30. The summed E-state index contributed by atoms with van der Waals surface area (Å²) < 4.78 is 41.0. The Kier molecular flexibility index (Phi) is 5.02. The predicted octanol–water partition coefficient (Wildman–Crippen LogP) is 3.84. The lowest BCUT2D eigenvalue weighted by Crippen LogP contribution is -2.19. The molecule has 2 N–H and O–H groups in total. The lowest BCUT2D eigenvalue weighted by atomic mass is 10.1. The van der Waals surface area contributed by atoms with E-state index in [0.29, 0.717) is 33.3 Å². The van der Waals surface area contributed by atoms with Crippen LogP contribution in [0.25, 0.3) is 27.6 Å². The third-order valence-corrected chi connectivity index (χ3v) is 4.75. The number of nitrogens with two attached hydrogens (primary N) is 1. The minimum absolute atomic E-state index is 0.0800. The summed E-state index contributed by atoms with van der Waals surface area (Å²) in [5.41, 5.74) is 6.40. The number of benzene rings is 1. The van der Waals surface area contributed by atoms with E-state index in [1.807, 2.05) is 0 Å². The molecule has 3 heterocycles. The number of alkyl halides is 3. The second-order valence-electron chi connectivity index (χ2n) is 6.65. The Balaban J connectivity index is 2.10. The molecule has 0 radical (unpaired) electrons. The molecule has 0 saturated heterocycles. The fourth-order valence-corrected chi connectivity index (χ4v) is 3.36. The van der Waals surface area contributed by atoms with Crippen LogP contribution in [0.3, 0.4) is 0 Å². The lowest BCUT2D eigenvalue weighted by Gasteiger charge is -2.14. The molecule has 3 aromatic heterocycles. The van der Waals surface area contributed by atoms with Gasteiger partial charge in [-0.05, 0) is 48.7 Å². The van der Waals surface area contributed by atoms with Gasteiger partial charge in [0.15, 0.2) is 0 Å². The first-order valence-corrected chi connectivity index (χ1v) is 9.18. The SMILES string of the molecule is CN=C(C=CN)c1ccc2ncc3ccc(=O)n(-c4cccc(C(F)(F)F)c4)c3c2n1. The maximum atomic E-state index is 13.3. The number of halogens is 3. The van der Waals surface area contributed by atoms with Crippen molar-refractivity contribution >= 4 is 27.6 Å². The number of aliphatic imine (C=N–C) groups is 1. The number of nitrogens with zero attached hydrogens (tertiary/aromatic N) is 4. The summed E-state index contributed by atoms with van der Waals surface area (Å²) in [6, 6.07) is 10.9. The van der Waals surface area contributed by atoms with Crippen LogP contribution in [0.2, 0.25) is 0 Å². The van der Waals surface area contributed by atoms with Crippen LogP contribution in [-0.2, 0) is 6.18 Å². The van der Waals surface area contributed by atoms with E-state index in [0.717, 1.165) is 12.1 Å². The largest absolute Gasteiger partial charge is 0.416 e. The van der Waals surface area contributed by atoms with E-state index >= 15 is 0 Å². The molecular weight excluding hydrogens is 407 g/mol. The zero-order valence-corrected chi connectivity index (χ0v) is 16.3. The molecule has 0 aliphatic carbocycles. The van der Waals surface area contributed by atoms with Gasteiger partial charge < -0.3 is 5.73 Å². The molecule has 6 nitrogen and oxygen atoms in total. The van der Waals surface area contributed by atoms with E-state index < -0.39 is 17.3 Å². The third kappa shape index (κ3) is 3.65. The van der Waals surface area contributed by atoms with Gasteiger partial charge in [-0.3, -0.25) is 19.3 Å². The average Bonchev–Trinajstić information content (AvgIpc) is 2.76. The predicted molar refractivity (Wildman–Crippen MR) is 113 cm³/mol. The van der Waals surface area contributed by atoms with Gasteiger partial charge in [0, 0.05) is 30.4 Å². The molecule has 0 fully saturated rings. The highest BCUT2D eigenvalue weighted by Crippen LogP contribution is 2.31. The Morgan fingerprint density at radius 3 is 2.68 bits per heavy atom. The van der Waals surface area contributed by atoms with Gasteiger partial charge in [-0.25, -0.2) is 4.98 Å². The van der Waals surface area contributed by atoms with Crippen molar-refractivity contribution in [1.82, 2.24) is 14.5 Å². The summed E-state index contributed by atoms with van der Waals surface area (Å²) in [5, 5.41) is 0.554. The lowest BCUT2D eigenvalue weighted by molar-refractivity contribution is -0.137. The van der Waals surface area contributed by atoms with E-state index in [4.69, 9.17) is 5.73 Å². The Morgan fingerprint density at radius 1 is 1.16 bits per heavy atom. The number of pyridine rings is 3. The van der Waals surface area contributed by atoms with E-state index in [9.17, 15) is 18.0 Å². The van der Waals surface area contributed by atoms with Gasteiger partial charge in [-0.2, -0.15) is 13.2 Å². The van der Waals surface area contributed by atoms with Crippen LogP contribution in [0.1, 0.15) is 11.3 Å². The molecule has 4 aromatic rings. The van der Waals surface area contributed by atoms with Gasteiger partial charge in [-0.15, -0.1) is 0 Å². The molecule has 0 unspecified atom stereocenters. The third-order valence-electron chi connectivity index (χ3n) is 4.75. The Bertz CT molecular complexity index is 1420. The van der Waals surface area contributed by atoms with Crippen LogP contribution >= 0.6 is 0 Å². The molecule has 31 heavy (non-hydrogen) atoms. The molecule has 0 saturated carbocycles. The first-order chi connectivity index (χ1) is 14.8. The maximum Gasteiger partial charge on any atom is 0.416 e. The zero-order chi connectivity index (χ0) is 22.2. The number of hydrogen-bond acceptors (Lipinski definition) is 5. The summed E-state index contributed by atoms with van der Waals surface area (Å²) in [4.78, 5) is 25.9. The summed E-state index contributed by atoms with van der Waals surface area (Å²) >= 11 is 0. The Labute approximate surface area is 174 Å². The van der Waals surface area contributed by atoms with Crippen LogP contribution in [-0.4, -0.2) is 27.3 Å². The fraction of sp³-hybridized carbons (Fsp3) is 0.0909. The summed E-state index contributed by atoms with van der Waals surface area (Å²) in [5.74, 6) is 0. The van der Waals surface area contributed by atoms with Crippen LogP contribution in [0.5, 0.6) is 0 Å². The molecule has 4 rings (SSSR count). The van der Waals surface area contributed by atoms with E-state index in [1.165, 1.54) is 29.0 Å². The normalized spacial score (nSPS) is 12.8. The molecule has 156 valence electrons. The van der Waals surface area contributed by atoms with Gasteiger partial charge in [-0.1, -0.05) is 6.07 Å². The van der Waals surface area contributed by atoms with Crippen LogP contribution in [0, 0.1) is 0 Å². The minimum Gasteiger partial charge on any atom is -0.405 e. The molecule has 1 aromatic carbocycles. The highest BCUT2D eigenvalue weighted by atomic mass is 19.4. The molecule has 0 amide bonds. The second kappa shape index (κ2) is 7.67. The van der Waals surface area contributed by atoms with Crippen molar-refractivity contribution in [2.45, 2.75) is 6.18 Å². The van der Waals surface area contributed by atoms with Crippen molar-refractivity contribution in [2.24, 2.45) is 10.7 Å². The quantitative estimate of drug-likeness (QED) is 0.401. The van der Waals surface area contributed by atoms with Gasteiger partial charge >= 0.3 is 6.18 Å². The number of hydrogen-bond donors (Lipinski definition) is 1. The van der Waals surface area contributed by atoms with E-state index in [-0.39, 0.29) is 5.69 Å². The number of fused-ring (bicyclic) bond motifs is 3. The van der Waals surface area contributed by atoms with Crippen molar-refractivity contribution in [3.8, 4) is 5.69 Å². The van der Waals surface area contributed by atoms with Gasteiger partial charge in [0.05, 0.1) is 28.0 Å². The topological polar surface area (TPSA) is 86.2 Å². The summed E-state index contributed by atoms with van der Waals surface area (Å²) in [6.07, 6.45) is -0.0851. The van der Waals surface area contributed by atoms with Gasteiger partial charge in [0.25, 0.3) is 5.56 Å². The Morgan fingerprint density at radius 2 is 1.97 bits per heavy atom. The fourth-order valence-electron chi connectivity index (χ4n) is 3.36. The average molecular weight is 423 g/mol. The van der Waals surface area contributed by atoms with Crippen molar-refractivity contribution in [3.05, 3.63) is 88.6 Å². The highest BCUT2D eigenvalue weighted by molar-refractivity contribution is 6.09. The molecule has 0 bridgehead atoms. The summed E-state index contributed by atoms with van der Waals surface area (Å²) in [6.45, 7) is 0. The summed E-state index contributed by atoms with van der Waals surface area (Å²) in [7, 11) is 1.58. The van der Waals surface area contributed by atoms with Crippen molar-refractivity contribution in [2.75, 3.05) is 7.05 Å². The van der Waals surface area contributed by atoms with Crippen molar-refractivity contribution in [1.29, 1.82) is 0 Å². The first-order valence-electron chi connectivity index (χ1n) is 9.18. The van der Waals surface area contributed by atoms with Crippen molar-refractivity contribution in [3.63, 3.8) is 0 Å².